The van der Waals surface area contributed by atoms with Crippen LogP contribution in [0, 0.1) is 11.8 Å². The highest BCUT2D eigenvalue weighted by atomic mass is 16.2. The van der Waals surface area contributed by atoms with Gasteiger partial charge >= 0.3 is 0 Å². The second-order valence-corrected chi connectivity index (χ2v) is 5.18. The van der Waals surface area contributed by atoms with Crippen molar-refractivity contribution in [3.63, 3.8) is 0 Å². The minimum absolute atomic E-state index is 0.0869. The van der Waals surface area contributed by atoms with Crippen LogP contribution in [0.25, 0.3) is 0 Å². The molecule has 3 heteroatoms. The van der Waals surface area contributed by atoms with Crippen LogP contribution in [0.1, 0.15) is 39.0 Å². The molecule has 1 saturated carbocycles. The van der Waals surface area contributed by atoms with E-state index in [0.29, 0.717) is 0 Å². The van der Waals surface area contributed by atoms with Crippen LogP contribution in [0.15, 0.2) is 0 Å². The van der Waals surface area contributed by atoms with E-state index in [1.165, 1.54) is 19.3 Å². The van der Waals surface area contributed by atoms with Crippen LogP contribution in [0.3, 0.4) is 0 Å². The van der Waals surface area contributed by atoms with Crippen molar-refractivity contribution in [2.24, 2.45) is 11.8 Å². The predicted molar refractivity (Wildman–Crippen MR) is 60.5 cm³/mol. The topological polar surface area (TPSA) is 41.1 Å². The van der Waals surface area contributed by atoms with E-state index in [-0.39, 0.29) is 11.9 Å². The van der Waals surface area contributed by atoms with Gasteiger partial charge in [0.05, 0.1) is 6.04 Å². The Morgan fingerprint density at radius 1 is 1.40 bits per heavy atom. The van der Waals surface area contributed by atoms with Gasteiger partial charge in [0.25, 0.3) is 0 Å². The van der Waals surface area contributed by atoms with Gasteiger partial charge in [-0.2, -0.15) is 0 Å². The first-order chi connectivity index (χ1) is 7.25. The molecule has 3 nitrogen and oxygen atoms in total. The van der Waals surface area contributed by atoms with Crippen molar-refractivity contribution in [3.8, 4) is 0 Å². The third-order valence-electron chi connectivity index (χ3n) is 3.75. The lowest BCUT2D eigenvalue weighted by Gasteiger charge is -2.14. The lowest BCUT2D eigenvalue weighted by molar-refractivity contribution is -0.122. The zero-order valence-electron chi connectivity index (χ0n) is 9.59. The van der Waals surface area contributed by atoms with Crippen molar-refractivity contribution in [2.75, 3.05) is 13.1 Å². The SMILES string of the molecule is CC1CCC(CNC(=O)[C@H]2CCCN2)C1. The van der Waals surface area contributed by atoms with E-state index in [1.54, 1.807) is 0 Å². The van der Waals surface area contributed by atoms with Gasteiger partial charge in [-0.05, 0) is 44.1 Å². The lowest BCUT2D eigenvalue weighted by atomic mass is 10.1. The quantitative estimate of drug-likeness (QED) is 0.737. The molecule has 1 saturated heterocycles. The number of rotatable bonds is 3. The summed E-state index contributed by atoms with van der Waals surface area (Å²) < 4.78 is 0. The van der Waals surface area contributed by atoms with Gasteiger partial charge in [-0.25, -0.2) is 0 Å². The molecule has 2 fully saturated rings. The molecular weight excluding hydrogens is 188 g/mol. The van der Waals surface area contributed by atoms with Gasteiger partial charge in [0.15, 0.2) is 0 Å². The maximum absolute atomic E-state index is 11.7. The van der Waals surface area contributed by atoms with E-state index in [9.17, 15) is 4.79 Å². The van der Waals surface area contributed by atoms with Gasteiger partial charge in [0.1, 0.15) is 0 Å². The van der Waals surface area contributed by atoms with Crippen LogP contribution >= 0.6 is 0 Å². The van der Waals surface area contributed by atoms with E-state index in [1.807, 2.05) is 0 Å². The molecule has 15 heavy (non-hydrogen) atoms. The molecular formula is C12H22N2O. The molecule has 0 spiro atoms. The third kappa shape index (κ3) is 2.94. The molecule has 1 aliphatic carbocycles. The van der Waals surface area contributed by atoms with Crippen molar-refractivity contribution < 1.29 is 4.79 Å². The Labute approximate surface area is 92.0 Å². The average Bonchev–Trinajstić information content (AvgIpc) is 2.84. The minimum Gasteiger partial charge on any atom is -0.354 e. The summed E-state index contributed by atoms with van der Waals surface area (Å²) in [6.07, 6.45) is 6.06. The summed E-state index contributed by atoms with van der Waals surface area (Å²) in [4.78, 5) is 11.7. The lowest BCUT2D eigenvalue weighted by Crippen LogP contribution is -2.42. The van der Waals surface area contributed by atoms with Crippen LogP contribution in [-0.2, 0) is 4.79 Å². The van der Waals surface area contributed by atoms with Crippen molar-refractivity contribution in [2.45, 2.75) is 45.1 Å². The van der Waals surface area contributed by atoms with Crippen LogP contribution in [0.4, 0.5) is 0 Å². The van der Waals surface area contributed by atoms with Gasteiger partial charge < -0.3 is 10.6 Å². The molecule has 3 atom stereocenters. The predicted octanol–water partition coefficient (Wildman–Crippen LogP) is 1.29. The molecule has 0 aromatic carbocycles. The summed E-state index contributed by atoms with van der Waals surface area (Å²) in [5.74, 6) is 1.80. The summed E-state index contributed by atoms with van der Waals surface area (Å²) in [5, 5.41) is 6.31. The molecule has 0 aromatic heterocycles. The van der Waals surface area contributed by atoms with Gasteiger partial charge in [-0.3, -0.25) is 4.79 Å². The first kappa shape index (κ1) is 10.9. The number of carbonyl (C=O) groups is 1. The number of hydrogen-bond acceptors (Lipinski definition) is 2. The van der Waals surface area contributed by atoms with Crippen LogP contribution in [0.5, 0.6) is 0 Å². The van der Waals surface area contributed by atoms with Crippen molar-refractivity contribution in [3.05, 3.63) is 0 Å². The molecule has 2 aliphatic rings. The largest absolute Gasteiger partial charge is 0.354 e. The fourth-order valence-electron chi connectivity index (χ4n) is 2.79. The number of carbonyl (C=O) groups excluding carboxylic acids is 1. The monoisotopic (exact) mass is 210 g/mol. The maximum atomic E-state index is 11.7. The highest BCUT2D eigenvalue weighted by molar-refractivity contribution is 5.81. The molecule has 86 valence electrons. The first-order valence-electron chi connectivity index (χ1n) is 6.27. The Morgan fingerprint density at radius 3 is 2.87 bits per heavy atom. The zero-order valence-corrected chi connectivity index (χ0v) is 9.59. The summed E-state index contributed by atoms with van der Waals surface area (Å²) in [5.41, 5.74) is 0. The fourth-order valence-corrected chi connectivity index (χ4v) is 2.79. The van der Waals surface area contributed by atoms with Gasteiger partial charge in [0.2, 0.25) is 5.91 Å². The van der Waals surface area contributed by atoms with E-state index >= 15 is 0 Å². The van der Waals surface area contributed by atoms with E-state index in [4.69, 9.17) is 0 Å². The fraction of sp³-hybridized carbons (Fsp3) is 0.917. The number of nitrogens with one attached hydrogen (secondary N) is 2. The highest BCUT2D eigenvalue weighted by Crippen LogP contribution is 2.29. The Balaban J connectivity index is 1.66. The van der Waals surface area contributed by atoms with Crippen LogP contribution in [0.2, 0.25) is 0 Å². The summed E-state index contributed by atoms with van der Waals surface area (Å²) >= 11 is 0. The normalized spacial score (nSPS) is 35.7. The Kier molecular flexibility index (Phi) is 3.62. The van der Waals surface area contributed by atoms with Crippen LogP contribution < -0.4 is 10.6 Å². The third-order valence-corrected chi connectivity index (χ3v) is 3.75. The van der Waals surface area contributed by atoms with Gasteiger partial charge in [-0.1, -0.05) is 13.3 Å². The standard InChI is InChI=1S/C12H22N2O/c1-9-4-5-10(7-9)8-14-12(15)11-3-2-6-13-11/h9-11,13H,2-8H2,1H3,(H,14,15)/t9?,10?,11-/m1/s1. The molecule has 1 aliphatic heterocycles. The van der Waals surface area contributed by atoms with Crippen molar-refractivity contribution in [1.82, 2.24) is 10.6 Å². The van der Waals surface area contributed by atoms with Gasteiger partial charge in [0, 0.05) is 6.54 Å². The summed E-state index contributed by atoms with van der Waals surface area (Å²) in [6, 6.07) is 0.0869. The zero-order chi connectivity index (χ0) is 10.7. The van der Waals surface area contributed by atoms with Crippen molar-refractivity contribution in [1.29, 1.82) is 0 Å². The Morgan fingerprint density at radius 2 is 2.27 bits per heavy atom. The smallest absolute Gasteiger partial charge is 0.237 e. The molecule has 1 heterocycles. The maximum Gasteiger partial charge on any atom is 0.237 e. The second kappa shape index (κ2) is 4.97. The summed E-state index contributed by atoms with van der Waals surface area (Å²) in [6.45, 7) is 4.19. The van der Waals surface area contributed by atoms with Gasteiger partial charge in [-0.15, -0.1) is 0 Å². The molecule has 0 bridgehead atoms. The van der Waals surface area contributed by atoms with Crippen molar-refractivity contribution >= 4 is 5.91 Å². The number of hydrogen-bond donors (Lipinski definition) is 2. The molecule has 0 radical (unpaired) electrons. The second-order valence-electron chi connectivity index (χ2n) is 5.18. The molecule has 0 aromatic rings. The molecule has 2 unspecified atom stereocenters. The van der Waals surface area contributed by atoms with E-state index in [2.05, 4.69) is 17.6 Å². The Hall–Kier alpha value is -0.570. The molecule has 2 rings (SSSR count). The first-order valence-corrected chi connectivity index (χ1v) is 6.27. The highest BCUT2D eigenvalue weighted by Gasteiger charge is 2.25. The molecule has 1 amide bonds. The van der Waals surface area contributed by atoms with E-state index in [0.717, 1.165) is 37.8 Å². The van der Waals surface area contributed by atoms with Crippen LogP contribution in [-0.4, -0.2) is 25.0 Å². The summed E-state index contributed by atoms with van der Waals surface area (Å²) in [7, 11) is 0. The molecule has 2 N–H and O–H groups in total. The Bertz CT molecular complexity index is 224. The van der Waals surface area contributed by atoms with E-state index < -0.39 is 0 Å². The number of amides is 1. The minimum atomic E-state index is 0.0869. The average molecular weight is 210 g/mol.